The van der Waals surface area contributed by atoms with Crippen molar-refractivity contribution in [1.29, 1.82) is 0 Å². The van der Waals surface area contributed by atoms with Crippen LogP contribution in [0.15, 0.2) is 29.3 Å². The minimum atomic E-state index is -0.520. The summed E-state index contributed by atoms with van der Waals surface area (Å²) in [6, 6.07) is 7.60. The number of nitrogens with one attached hydrogen (secondary N) is 4. The molecule has 176 valence electrons. The SMILES string of the molecule is CCNC(=NCc1cccc(C(=O)NC(C)CC)c1)NCCNC(=O)OC(C)(C)C.I. The van der Waals surface area contributed by atoms with Crippen molar-refractivity contribution in [1.82, 2.24) is 21.3 Å². The third-order valence-electron chi connectivity index (χ3n) is 4.03. The van der Waals surface area contributed by atoms with Crippen LogP contribution in [0.1, 0.15) is 63.9 Å². The number of hydrogen-bond acceptors (Lipinski definition) is 4. The Bertz CT molecular complexity index is 719. The lowest BCUT2D eigenvalue weighted by Gasteiger charge is -2.19. The average molecular weight is 547 g/mol. The van der Waals surface area contributed by atoms with Gasteiger partial charge in [0.25, 0.3) is 5.91 Å². The number of amides is 2. The highest BCUT2D eigenvalue weighted by molar-refractivity contribution is 14.0. The van der Waals surface area contributed by atoms with E-state index in [1.54, 1.807) is 6.07 Å². The van der Waals surface area contributed by atoms with Crippen LogP contribution < -0.4 is 21.3 Å². The summed E-state index contributed by atoms with van der Waals surface area (Å²) in [5, 5.41) is 12.0. The predicted molar refractivity (Wildman–Crippen MR) is 136 cm³/mol. The zero-order chi connectivity index (χ0) is 22.6. The molecule has 0 radical (unpaired) electrons. The lowest BCUT2D eigenvalue weighted by molar-refractivity contribution is 0.0528. The molecule has 1 aromatic rings. The lowest BCUT2D eigenvalue weighted by Crippen LogP contribution is -2.42. The number of benzene rings is 1. The number of ether oxygens (including phenoxy) is 1. The second-order valence-corrected chi connectivity index (χ2v) is 8.03. The Morgan fingerprint density at radius 2 is 1.77 bits per heavy atom. The number of rotatable bonds is 9. The molecule has 4 N–H and O–H groups in total. The smallest absolute Gasteiger partial charge is 0.407 e. The Morgan fingerprint density at radius 1 is 1.10 bits per heavy atom. The topological polar surface area (TPSA) is 104 Å². The summed E-state index contributed by atoms with van der Waals surface area (Å²) < 4.78 is 5.20. The Kier molecular flexibility index (Phi) is 13.9. The molecule has 9 heteroatoms. The van der Waals surface area contributed by atoms with Crippen LogP contribution in [0.5, 0.6) is 0 Å². The molecule has 0 fully saturated rings. The predicted octanol–water partition coefficient (Wildman–Crippen LogP) is 3.41. The fraction of sp³-hybridized carbons (Fsp3) is 0.591. The van der Waals surface area contributed by atoms with Gasteiger partial charge in [0.1, 0.15) is 5.60 Å². The fourth-order valence-corrected chi connectivity index (χ4v) is 2.39. The molecule has 0 heterocycles. The maximum absolute atomic E-state index is 12.3. The van der Waals surface area contributed by atoms with Crippen molar-refractivity contribution in [3.05, 3.63) is 35.4 Å². The molecular weight excluding hydrogens is 509 g/mol. The molecule has 31 heavy (non-hydrogen) atoms. The van der Waals surface area contributed by atoms with Gasteiger partial charge in [0.2, 0.25) is 0 Å². The van der Waals surface area contributed by atoms with Crippen molar-refractivity contribution in [3.63, 3.8) is 0 Å². The second-order valence-electron chi connectivity index (χ2n) is 8.03. The van der Waals surface area contributed by atoms with Gasteiger partial charge in [0.05, 0.1) is 6.54 Å². The first-order valence-corrected chi connectivity index (χ1v) is 10.5. The van der Waals surface area contributed by atoms with E-state index in [0.717, 1.165) is 12.0 Å². The van der Waals surface area contributed by atoms with E-state index < -0.39 is 11.7 Å². The van der Waals surface area contributed by atoms with Gasteiger partial charge in [-0.2, -0.15) is 0 Å². The van der Waals surface area contributed by atoms with Crippen molar-refractivity contribution < 1.29 is 14.3 Å². The first kappa shape index (κ1) is 29.0. The average Bonchev–Trinajstić information content (AvgIpc) is 2.68. The molecule has 0 aliphatic heterocycles. The lowest BCUT2D eigenvalue weighted by atomic mass is 10.1. The molecule has 0 aliphatic rings. The number of hydrogen-bond donors (Lipinski definition) is 4. The monoisotopic (exact) mass is 547 g/mol. The summed E-state index contributed by atoms with van der Waals surface area (Å²) >= 11 is 0. The van der Waals surface area contributed by atoms with Crippen molar-refractivity contribution in [2.24, 2.45) is 4.99 Å². The van der Waals surface area contributed by atoms with Gasteiger partial charge in [-0.05, 0) is 58.7 Å². The molecule has 1 atom stereocenters. The number of guanidine groups is 1. The van der Waals surface area contributed by atoms with Crippen molar-refractivity contribution in [2.45, 2.75) is 66.2 Å². The standard InChI is InChI=1S/C22H37N5O3.HI/c1-7-16(3)27-19(28)18-11-9-10-17(14-18)15-26-20(23-8-2)24-12-13-25-21(29)30-22(4,5)6;/h9-11,14,16H,7-8,12-13,15H2,1-6H3,(H,25,29)(H,27,28)(H2,23,24,26);1H. The highest BCUT2D eigenvalue weighted by atomic mass is 127. The van der Waals surface area contributed by atoms with Gasteiger partial charge in [0, 0.05) is 31.2 Å². The van der Waals surface area contributed by atoms with E-state index in [1.165, 1.54) is 0 Å². The number of carbonyl (C=O) groups is 2. The van der Waals surface area contributed by atoms with E-state index in [9.17, 15) is 9.59 Å². The van der Waals surface area contributed by atoms with Gasteiger partial charge in [0.15, 0.2) is 5.96 Å². The van der Waals surface area contributed by atoms with E-state index in [-0.39, 0.29) is 35.9 Å². The summed E-state index contributed by atoms with van der Waals surface area (Å²) in [5.74, 6) is 0.561. The molecule has 0 saturated carbocycles. The van der Waals surface area contributed by atoms with Gasteiger partial charge in [-0.25, -0.2) is 9.79 Å². The van der Waals surface area contributed by atoms with Crippen LogP contribution in [-0.4, -0.2) is 49.2 Å². The number of alkyl carbamates (subject to hydrolysis) is 1. The molecule has 1 unspecified atom stereocenters. The van der Waals surface area contributed by atoms with Crippen LogP contribution in [0.4, 0.5) is 4.79 Å². The van der Waals surface area contributed by atoms with E-state index in [1.807, 2.05) is 59.7 Å². The van der Waals surface area contributed by atoms with Crippen molar-refractivity contribution in [2.75, 3.05) is 19.6 Å². The summed E-state index contributed by atoms with van der Waals surface area (Å²) in [4.78, 5) is 28.5. The van der Waals surface area contributed by atoms with Crippen molar-refractivity contribution in [3.8, 4) is 0 Å². The minimum absolute atomic E-state index is 0. The quantitative estimate of drug-likeness (QED) is 0.164. The molecule has 0 spiro atoms. The summed E-state index contributed by atoms with van der Waals surface area (Å²) in [7, 11) is 0. The zero-order valence-electron chi connectivity index (χ0n) is 19.5. The van der Waals surface area contributed by atoms with E-state index in [0.29, 0.717) is 37.7 Å². The number of halogens is 1. The normalized spacial score (nSPS) is 12.3. The van der Waals surface area contributed by atoms with E-state index in [2.05, 4.69) is 26.3 Å². The highest BCUT2D eigenvalue weighted by Crippen LogP contribution is 2.08. The molecule has 0 aliphatic carbocycles. The maximum Gasteiger partial charge on any atom is 0.407 e. The molecule has 0 saturated heterocycles. The zero-order valence-corrected chi connectivity index (χ0v) is 21.8. The molecule has 0 bridgehead atoms. The Balaban J connectivity index is 0.00000900. The van der Waals surface area contributed by atoms with Gasteiger partial charge in [-0.1, -0.05) is 19.1 Å². The number of nitrogens with zero attached hydrogens (tertiary/aromatic N) is 1. The van der Waals surface area contributed by atoms with Gasteiger partial charge in [-0.15, -0.1) is 24.0 Å². The molecular formula is C22H38IN5O3. The van der Waals surface area contributed by atoms with E-state index in [4.69, 9.17) is 4.74 Å². The van der Waals surface area contributed by atoms with Gasteiger partial charge in [-0.3, -0.25) is 4.79 Å². The van der Waals surface area contributed by atoms with Crippen LogP contribution in [0.2, 0.25) is 0 Å². The fourth-order valence-electron chi connectivity index (χ4n) is 2.39. The Morgan fingerprint density at radius 3 is 2.39 bits per heavy atom. The van der Waals surface area contributed by atoms with Crippen LogP contribution in [-0.2, 0) is 11.3 Å². The third-order valence-corrected chi connectivity index (χ3v) is 4.03. The van der Waals surface area contributed by atoms with Crippen LogP contribution in [0.3, 0.4) is 0 Å². The van der Waals surface area contributed by atoms with E-state index >= 15 is 0 Å². The van der Waals surface area contributed by atoms with Crippen LogP contribution in [0, 0.1) is 0 Å². The largest absolute Gasteiger partial charge is 0.444 e. The first-order valence-electron chi connectivity index (χ1n) is 10.5. The molecule has 1 aromatic carbocycles. The summed E-state index contributed by atoms with van der Waals surface area (Å²) in [6.07, 6.45) is 0.440. The Labute approximate surface area is 203 Å². The molecule has 0 aromatic heterocycles. The number of carbonyl (C=O) groups excluding carboxylic acids is 2. The minimum Gasteiger partial charge on any atom is -0.444 e. The summed E-state index contributed by atoms with van der Waals surface area (Å²) in [5.41, 5.74) is 1.05. The van der Waals surface area contributed by atoms with Crippen LogP contribution in [0.25, 0.3) is 0 Å². The maximum atomic E-state index is 12.3. The molecule has 2 amide bonds. The van der Waals surface area contributed by atoms with Crippen molar-refractivity contribution >= 4 is 41.9 Å². The number of aliphatic imine (C=N–C) groups is 1. The van der Waals surface area contributed by atoms with Crippen LogP contribution >= 0.6 is 24.0 Å². The first-order chi connectivity index (χ1) is 14.1. The molecule has 8 nitrogen and oxygen atoms in total. The molecule has 1 rings (SSSR count). The Hall–Kier alpha value is -2.04. The third kappa shape index (κ3) is 13.1. The summed E-state index contributed by atoms with van der Waals surface area (Å²) in [6.45, 7) is 13.5. The van der Waals surface area contributed by atoms with Gasteiger partial charge < -0.3 is 26.0 Å². The second kappa shape index (κ2) is 14.9. The van der Waals surface area contributed by atoms with Gasteiger partial charge >= 0.3 is 6.09 Å². The highest BCUT2D eigenvalue weighted by Gasteiger charge is 2.15.